The largest absolute Gasteiger partial charge is 0.451 e. The van der Waals surface area contributed by atoms with E-state index in [-0.39, 0.29) is 11.5 Å². The molecule has 0 radical (unpaired) electrons. The Morgan fingerprint density at radius 1 is 1.13 bits per heavy atom. The van der Waals surface area contributed by atoms with E-state index < -0.39 is 5.91 Å². The molecule has 9 heteroatoms. The minimum absolute atomic E-state index is 0.146. The summed E-state index contributed by atoms with van der Waals surface area (Å²) in [4.78, 5) is 18.7. The van der Waals surface area contributed by atoms with Crippen LogP contribution in [0, 0.1) is 5.82 Å². The lowest BCUT2D eigenvalue weighted by Crippen LogP contribution is -2.36. The number of carbonyl (C=O) groups is 1. The van der Waals surface area contributed by atoms with Crippen LogP contribution in [0.3, 0.4) is 0 Å². The number of anilines is 2. The van der Waals surface area contributed by atoms with Gasteiger partial charge in [-0.2, -0.15) is 0 Å². The predicted octanol–water partition coefficient (Wildman–Crippen LogP) is 3.24. The van der Waals surface area contributed by atoms with Gasteiger partial charge < -0.3 is 19.4 Å². The number of hydrogen-bond donors (Lipinski definition) is 1. The summed E-state index contributed by atoms with van der Waals surface area (Å²) in [6.07, 6.45) is 2.46. The van der Waals surface area contributed by atoms with Crippen molar-refractivity contribution in [1.82, 2.24) is 14.8 Å². The molecule has 1 fully saturated rings. The third-order valence-corrected chi connectivity index (χ3v) is 4.99. The Balaban J connectivity index is 1.67. The number of halogens is 1. The van der Waals surface area contributed by atoms with Gasteiger partial charge in [-0.3, -0.25) is 4.79 Å². The lowest BCUT2D eigenvalue weighted by molar-refractivity contribution is 0.102. The Bertz CT molecular complexity index is 1200. The molecule has 0 atom stereocenters. The van der Waals surface area contributed by atoms with Crippen LogP contribution >= 0.6 is 0 Å². The smallest absolute Gasteiger partial charge is 0.278 e. The highest BCUT2D eigenvalue weighted by molar-refractivity contribution is 6.10. The molecule has 2 aromatic heterocycles. The zero-order valence-electron chi connectivity index (χ0n) is 15.9. The molecule has 0 unspecified atom stereocenters. The Morgan fingerprint density at radius 2 is 1.97 bits per heavy atom. The molecule has 4 aromatic rings. The first kappa shape index (κ1) is 18.3. The van der Waals surface area contributed by atoms with E-state index in [9.17, 15) is 9.18 Å². The molecule has 1 aliphatic rings. The van der Waals surface area contributed by atoms with Crippen LogP contribution < -0.4 is 10.2 Å². The van der Waals surface area contributed by atoms with Gasteiger partial charge in [0, 0.05) is 13.1 Å². The number of nitrogens with zero attached hydrogens (tertiary/aromatic N) is 4. The molecule has 1 aliphatic heterocycles. The molecular weight excluding hydrogens is 389 g/mol. The van der Waals surface area contributed by atoms with E-state index in [1.807, 2.05) is 18.2 Å². The van der Waals surface area contributed by atoms with Crippen molar-refractivity contribution in [2.24, 2.45) is 0 Å². The monoisotopic (exact) mass is 407 g/mol. The molecule has 0 aliphatic carbocycles. The molecule has 2 aromatic carbocycles. The van der Waals surface area contributed by atoms with E-state index in [0.717, 1.165) is 29.7 Å². The van der Waals surface area contributed by atoms with Crippen LogP contribution in [0.15, 0.2) is 59.5 Å². The van der Waals surface area contributed by atoms with Crippen LogP contribution in [-0.4, -0.2) is 47.0 Å². The molecule has 3 heterocycles. The lowest BCUT2D eigenvalue weighted by Gasteiger charge is -2.29. The number of oxazole rings is 1. The van der Waals surface area contributed by atoms with E-state index in [2.05, 4.69) is 20.3 Å². The standard InChI is InChI=1S/C21H18FN5O3/c22-14-3-1-4-15(11-14)27-18-6-2-5-17(26-7-9-29-10-8-26)19(18)20(25-27)24-21(28)16-12-30-13-23-16/h1-6,11-13H,7-10H2,(H,24,25,28). The predicted molar refractivity (Wildman–Crippen MR) is 109 cm³/mol. The van der Waals surface area contributed by atoms with Crippen molar-refractivity contribution in [1.29, 1.82) is 0 Å². The Labute approximate surface area is 170 Å². The Kier molecular flexibility index (Phi) is 4.64. The summed E-state index contributed by atoms with van der Waals surface area (Å²) in [6.45, 7) is 2.69. The van der Waals surface area contributed by atoms with Crippen LogP contribution in [0.5, 0.6) is 0 Å². The molecule has 1 N–H and O–H groups in total. The number of ether oxygens (including phenoxy) is 1. The highest BCUT2D eigenvalue weighted by atomic mass is 19.1. The van der Waals surface area contributed by atoms with Gasteiger partial charge in [-0.15, -0.1) is 5.10 Å². The molecule has 30 heavy (non-hydrogen) atoms. The van der Waals surface area contributed by atoms with Crippen LogP contribution in [0.4, 0.5) is 15.9 Å². The first-order valence-electron chi connectivity index (χ1n) is 9.50. The summed E-state index contributed by atoms with van der Waals surface area (Å²) in [7, 11) is 0. The van der Waals surface area contributed by atoms with E-state index in [1.54, 1.807) is 16.8 Å². The van der Waals surface area contributed by atoms with E-state index in [0.29, 0.717) is 24.7 Å². The molecule has 1 amide bonds. The summed E-state index contributed by atoms with van der Waals surface area (Å²) in [5, 5.41) is 8.20. The molecule has 5 rings (SSSR count). The fourth-order valence-electron chi connectivity index (χ4n) is 3.61. The summed E-state index contributed by atoms with van der Waals surface area (Å²) in [5.74, 6) is -0.440. The number of rotatable bonds is 4. The third-order valence-electron chi connectivity index (χ3n) is 4.99. The first-order chi connectivity index (χ1) is 14.7. The van der Waals surface area contributed by atoms with Crippen molar-refractivity contribution < 1.29 is 18.3 Å². The van der Waals surface area contributed by atoms with Gasteiger partial charge in [-0.1, -0.05) is 12.1 Å². The normalized spacial score (nSPS) is 14.2. The Hall–Kier alpha value is -3.72. The highest BCUT2D eigenvalue weighted by Gasteiger charge is 2.22. The summed E-state index contributed by atoms with van der Waals surface area (Å²) in [5.41, 5.74) is 2.38. The zero-order chi connectivity index (χ0) is 20.5. The third kappa shape index (κ3) is 3.29. The summed E-state index contributed by atoms with van der Waals surface area (Å²) >= 11 is 0. The molecular formula is C21H18FN5O3. The maximum absolute atomic E-state index is 13.9. The van der Waals surface area contributed by atoms with Gasteiger partial charge in [0.25, 0.3) is 5.91 Å². The number of fused-ring (bicyclic) bond motifs is 1. The van der Waals surface area contributed by atoms with E-state index in [1.165, 1.54) is 24.8 Å². The fourth-order valence-corrected chi connectivity index (χ4v) is 3.61. The van der Waals surface area contributed by atoms with Crippen LogP contribution in [0.25, 0.3) is 16.6 Å². The second-order valence-electron chi connectivity index (χ2n) is 6.84. The molecule has 0 spiro atoms. The van der Waals surface area contributed by atoms with Gasteiger partial charge in [-0.25, -0.2) is 14.1 Å². The van der Waals surface area contributed by atoms with Crippen molar-refractivity contribution in [2.45, 2.75) is 0 Å². The molecule has 0 saturated carbocycles. The minimum Gasteiger partial charge on any atom is -0.451 e. The number of aromatic nitrogens is 3. The van der Waals surface area contributed by atoms with Crippen LogP contribution in [0.2, 0.25) is 0 Å². The maximum atomic E-state index is 13.9. The van der Waals surface area contributed by atoms with Crippen molar-refractivity contribution in [2.75, 3.05) is 36.5 Å². The molecule has 0 bridgehead atoms. The number of nitrogens with one attached hydrogen (secondary N) is 1. The minimum atomic E-state index is -0.439. The van der Waals surface area contributed by atoms with Crippen molar-refractivity contribution >= 4 is 28.3 Å². The summed E-state index contributed by atoms with van der Waals surface area (Å²) < 4.78 is 25.9. The highest BCUT2D eigenvalue weighted by Crippen LogP contribution is 2.35. The van der Waals surface area contributed by atoms with Gasteiger partial charge in [0.2, 0.25) is 0 Å². The van der Waals surface area contributed by atoms with Crippen LogP contribution in [0.1, 0.15) is 10.5 Å². The SMILES string of the molecule is O=C(Nc1nn(-c2cccc(F)c2)c2cccc(N3CCOCC3)c12)c1cocn1. The second kappa shape index (κ2) is 7.60. The fraction of sp³-hybridized carbons (Fsp3) is 0.190. The van der Waals surface area contributed by atoms with E-state index >= 15 is 0 Å². The number of amides is 1. The Morgan fingerprint density at radius 3 is 2.73 bits per heavy atom. The van der Waals surface area contributed by atoms with Crippen molar-refractivity contribution in [3.63, 3.8) is 0 Å². The van der Waals surface area contributed by atoms with Crippen molar-refractivity contribution in [3.8, 4) is 5.69 Å². The number of morpholine rings is 1. The second-order valence-corrected chi connectivity index (χ2v) is 6.84. The maximum Gasteiger partial charge on any atom is 0.278 e. The topological polar surface area (TPSA) is 85.4 Å². The van der Waals surface area contributed by atoms with Gasteiger partial charge in [0.15, 0.2) is 17.9 Å². The van der Waals surface area contributed by atoms with Gasteiger partial charge in [0.05, 0.1) is 35.5 Å². The number of hydrogen-bond acceptors (Lipinski definition) is 6. The molecule has 1 saturated heterocycles. The van der Waals surface area contributed by atoms with Crippen molar-refractivity contribution in [3.05, 3.63) is 66.6 Å². The lowest BCUT2D eigenvalue weighted by atomic mass is 10.1. The zero-order valence-corrected chi connectivity index (χ0v) is 15.9. The van der Waals surface area contributed by atoms with Gasteiger partial charge >= 0.3 is 0 Å². The number of benzene rings is 2. The molecule has 152 valence electrons. The quantitative estimate of drug-likeness (QED) is 0.559. The first-order valence-corrected chi connectivity index (χ1v) is 9.50. The molecule has 8 nitrogen and oxygen atoms in total. The van der Waals surface area contributed by atoms with E-state index in [4.69, 9.17) is 9.15 Å². The summed E-state index contributed by atoms with van der Waals surface area (Å²) in [6, 6.07) is 12.0. The van der Waals surface area contributed by atoms with Gasteiger partial charge in [-0.05, 0) is 30.3 Å². The average molecular weight is 407 g/mol. The number of carbonyl (C=O) groups excluding carboxylic acids is 1. The average Bonchev–Trinajstić information content (AvgIpc) is 3.43. The van der Waals surface area contributed by atoms with Crippen LogP contribution in [-0.2, 0) is 4.74 Å². The van der Waals surface area contributed by atoms with Gasteiger partial charge in [0.1, 0.15) is 12.1 Å².